The topological polar surface area (TPSA) is 35.2 Å². The number of benzene rings is 1. The molecule has 17 heavy (non-hydrogen) atoms. The lowest BCUT2D eigenvalue weighted by Crippen LogP contribution is -2.15. The molecule has 2 aliphatic rings. The van der Waals surface area contributed by atoms with Crippen LogP contribution in [0.4, 0.5) is 0 Å². The van der Waals surface area contributed by atoms with E-state index in [0.717, 1.165) is 41.5 Å². The Morgan fingerprint density at radius 2 is 2.35 bits per heavy atom. The summed E-state index contributed by atoms with van der Waals surface area (Å²) < 4.78 is 5.76. The van der Waals surface area contributed by atoms with Gasteiger partial charge in [-0.1, -0.05) is 18.5 Å². The highest BCUT2D eigenvalue weighted by Crippen LogP contribution is 2.44. The Kier molecular flexibility index (Phi) is 3.01. The number of hydrogen-bond donors (Lipinski definition) is 1. The Balaban J connectivity index is 2.16. The van der Waals surface area contributed by atoms with Crippen molar-refractivity contribution < 1.29 is 4.74 Å². The number of ether oxygens (including phenoxy) is 1. The predicted octanol–water partition coefficient (Wildman–Crippen LogP) is 3.30. The molecule has 2 aliphatic heterocycles. The summed E-state index contributed by atoms with van der Waals surface area (Å²) in [5.74, 6) is 2.02. The quantitative estimate of drug-likeness (QED) is 0.785. The molecule has 2 atom stereocenters. The van der Waals surface area contributed by atoms with Crippen molar-refractivity contribution in [3.05, 3.63) is 27.8 Å². The van der Waals surface area contributed by atoms with Crippen molar-refractivity contribution in [2.24, 2.45) is 5.73 Å². The van der Waals surface area contributed by atoms with Gasteiger partial charge in [-0.25, -0.2) is 0 Å². The molecule has 2 N–H and O–H groups in total. The lowest BCUT2D eigenvalue weighted by Gasteiger charge is -2.17. The minimum absolute atomic E-state index is 0.0389. The van der Waals surface area contributed by atoms with E-state index in [4.69, 9.17) is 22.1 Å². The van der Waals surface area contributed by atoms with Crippen molar-refractivity contribution in [2.45, 2.75) is 36.8 Å². The van der Waals surface area contributed by atoms with Crippen LogP contribution in [-0.4, -0.2) is 11.9 Å². The molecule has 0 bridgehead atoms. The molecule has 1 aromatic rings. The average molecular weight is 270 g/mol. The molecule has 0 amide bonds. The molecular weight excluding hydrogens is 254 g/mol. The predicted molar refractivity (Wildman–Crippen MR) is 73.0 cm³/mol. The Morgan fingerprint density at radius 3 is 3.18 bits per heavy atom. The number of fused-ring (bicyclic) bond motifs is 3. The third-order valence-electron chi connectivity index (χ3n) is 3.54. The van der Waals surface area contributed by atoms with Gasteiger partial charge in [0.05, 0.1) is 6.61 Å². The Bertz CT molecular complexity index is 463. The first kappa shape index (κ1) is 11.7. The second kappa shape index (κ2) is 4.38. The van der Waals surface area contributed by atoms with Crippen LogP contribution < -0.4 is 10.5 Å². The molecule has 0 saturated carbocycles. The molecule has 0 aliphatic carbocycles. The Morgan fingerprint density at radius 1 is 1.53 bits per heavy atom. The summed E-state index contributed by atoms with van der Waals surface area (Å²) in [5.41, 5.74) is 9.88. The van der Waals surface area contributed by atoms with Crippen molar-refractivity contribution in [3.63, 3.8) is 0 Å². The third kappa shape index (κ3) is 1.94. The van der Waals surface area contributed by atoms with Gasteiger partial charge < -0.3 is 10.5 Å². The molecule has 3 rings (SSSR count). The summed E-state index contributed by atoms with van der Waals surface area (Å²) in [5, 5.41) is 1.40. The van der Waals surface area contributed by atoms with Crippen molar-refractivity contribution >= 4 is 23.4 Å². The van der Waals surface area contributed by atoms with Gasteiger partial charge >= 0.3 is 0 Å². The number of nitrogens with two attached hydrogens (primary N) is 1. The Hall–Kier alpha value is -0.380. The summed E-state index contributed by atoms with van der Waals surface area (Å²) in [6.07, 6.45) is 1.95. The summed E-state index contributed by atoms with van der Waals surface area (Å²) in [6, 6.07) is 2.08. The highest BCUT2D eigenvalue weighted by atomic mass is 35.5. The second-order valence-electron chi connectivity index (χ2n) is 4.80. The summed E-state index contributed by atoms with van der Waals surface area (Å²) >= 11 is 8.34. The molecular formula is C13H16ClNOS. The number of halogens is 1. The van der Waals surface area contributed by atoms with Crippen LogP contribution in [-0.2, 0) is 12.2 Å². The van der Waals surface area contributed by atoms with E-state index in [9.17, 15) is 0 Å². The highest BCUT2D eigenvalue weighted by Gasteiger charge is 2.28. The normalized spacial score (nSPS) is 27.0. The zero-order valence-electron chi connectivity index (χ0n) is 9.83. The maximum atomic E-state index is 6.40. The Labute approximate surface area is 111 Å². The van der Waals surface area contributed by atoms with E-state index in [1.807, 2.05) is 17.8 Å². The van der Waals surface area contributed by atoms with Crippen LogP contribution >= 0.6 is 23.4 Å². The molecule has 2 nitrogen and oxygen atoms in total. The van der Waals surface area contributed by atoms with Gasteiger partial charge in [-0.3, -0.25) is 0 Å². The zero-order valence-corrected chi connectivity index (χ0v) is 11.4. The number of hydrogen-bond acceptors (Lipinski definition) is 3. The number of rotatable bonds is 0. The van der Waals surface area contributed by atoms with Crippen LogP contribution in [0.5, 0.6) is 5.75 Å². The van der Waals surface area contributed by atoms with Gasteiger partial charge in [-0.05, 0) is 23.6 Å². The lowest BCUT2D eigenvalue weighted by atomic mass is 9.95. The minimum Gasteiger partial charge on any atom is -0.493 e. The van der Waals surface area contributed by atoms with Gasteiger partial charge in [0.1, 0.15) is 5.75 Å². The number of thioether (sulfide) groups is 1. The minimum atomic E-state index is 0.0389. The summed E-state index contributed by atoms with van der Waals surface area (Å²) in [7, 11) is 0. The fourth-order valence-electron chi connectivity index (χ4n) is 2.70. The van der Waals surface area contributed by atoms with Gasteiger partial charge in [-0.2, -0.15) is 11.8 Å². The van der Waals surface area contributed by atoms with E-state index in [1.165, 1.54) is 11.1 Å². The molecule has 4 heteroatoms. The maximum absolute atomic E-state index is 6.40. The first-order valence-electron chi connectivity index (χ1n) is 6.01. The largest absolute Gasteiger partial charge is 0.493 e. The van der Waals surface area contributed by atoms with E-state index < -0.39 is 0 Å². The van der Waals surface area contributed by atoms with Crippen molar-refractivity contribution in [2.75, 3.05) is 6.61 Å². The van der Waals surface area contributed by atoms with Gasteiger partial charge in [0.2, 0.25) is 0 Å². The zero-order chi connectivity index (χ0) is 12.0. The van der Waals surface area contributed by atoms with Crippen LogP contribution in [0.3, 0.4) is 0 Å². The average Bonchev–Trinajstić information content (AvgIpc) is 2.66. The van der Waals surface area contributed by atoms with E-state index >= 15 is 0 Å². The molecule has 0 saturated heterocycles. The van der Waals surface area contributed by atoms with E-state index in [2.05, 4.69) is 6.92 Å². The first-order chi connectivity index (χ1) is 8.16. The molecule has 1 aromatic carbocycles. The molecule has 2 heterocycles. The first-order valence-corrected chi connectivity index (χ1v) is 7.43. The fourth-order valence-corrected chi connectivity index (χ4v) is 4.17. The van der Waals surface area contributed by atoms with Gasteiger partial charge in [-0.15, -0.1) is 0 Å². The van der Waals surface area contributed by atoms with Gasteiger partial charge in [0.25, 0.3) is 0 Å². The fraction of sp³-hybridized carbons (Fsp3) is 0.538. The molecule has 0 fully saturated rings. The summed E-state index contributed by atoms with van der Waals surface area (Å²) in [4.78, 5) is 0. The molecule has 1 unspecified atom stereocenters. The second-order valence-corrected chi connectivity index (χ2v) is 6.64. The smallest absolute Gasteiger partial charge is 0.127 e. The molecule has 0 radical (unpaired) electrons. The van der Waals surface area contributed by atoms with Crippen LogP contribution in [0.1, 0.15) is 36.1 Å². The summed E-state index contributed by atoms with van der Waals surface area (Å²) in [6.45, 7) is 3.00. The lowest BCUT2D eigenvalue weighted by molar-refractivity contribution is 0.354. The molecule has 92 valence electrons. The van der Waals surface area contributed by atoms with Crippen LogP contribution in [0.2, 0.25) is 5.02 Å². The highest BCUT2D eigenvalue weighted by molar-refractivity contribution is 7.99. The molecule has 0 aromatic heterocycles. The van der Waals surface area contributed by atoms with E-state index in [-0.39, 0.29) is 6.04 Å². The van der Waals surface area contributed by atoms with Crippen molar-refractivity contribution in [3.8, 4) is 5.75 Å². The van der Waals surface area contributed by atoms with Crippen LogP contribution in [0.15, 0.2) is 6.07 Å². The SMILES string of the molecule is CC1C[C@@H](N)c2c(Cl)cc3c(c2CS1)OCC3. The van der Waals surface area contributed by atoms with Crippen LogP contribution in [0.25, 0.3) is 0 Å². The van der Waals surface area contributed by atoms with Gasteiger partial charge in [0.15, 0.2) is 0 Å². The monoisotopic (exact) mass is 269 g/mol. The van der Waals surface area contributed by atoms with Gasteiger partial charge in [0, 0.05) is 34.1 Å². The standard InChI is InChI=1S/C13H16ClNOS/c1-7-4-11(15)12-9(6-17-7)13-8(2-3-16-13)5-10(12)14/h5,7,11H,2-4,6,15H2,1H3/t7?,11-/m1/s1. The van der Waals surface area contributed by atoms with Crippen molar-refractivity contribution in [1.82, 2.24) is 0 Å². The van der Waals surface area contributed by atoms with Crippen molar-refractivity contribution in [1.29, 1.82) is 0 Å². The third-order valence-corrected chi connectivity index (χ3v) is 5.07. The van der Waals surface area contributed by atoms with E-state index in [1.54, 1.807) is 0 Å². The molecule has 0 spiro atoms. The van der Waals surface area contributed by atoms with E-state index in [0.29, 0.717) is 5.25 Å². The van der Waals surface area contributed by atoms with Crippen LogP contribution in [0, 0.1) is 0 Å². The maximum Gasteiger partial charge on any atom is 0.127 e.